The Kier molecular flexibility index (Phi) is 7.84. The third kappa shape index (κ3) is 4.93. The lowest BCUT2D eigenvalue weighted by atomic mass is 10.2. The summed E-state index contributed by atoms with van der Waals surface area (Å²) < 4.78 is 17.8. The second-order valence-corrected chi connectivity index (χ2v) is 8.84. The average molecular weight is 490 g/mol. The molecule has 2 aromatic carbocycles. The molecule has 0 unspecified atom stereocenters. The predicted octanol–water partition coefficient (Wildman–Crippen LogP) is 5.39. The summed E-state index contributed by atoms with van der Waals surface area (Å²) in [6, 6.07) is 11.3. The van der Waals surface area contributed by atoms with Crippen molar-refractivity contribution in [3.8, 4) is 11.5 Å². The van der Waals surface area contributed by atoms with E-state index in [2.05, 4.69) is 4.90 Å². The number of benzene rings is 2. The maximum absolute atomic E-state index is 13.6. The lowest BCUT2D eigenvalue weighted by molar-refractivity contribution is 0.0961. The van der Waals surface area contributed by atoms with E-state index in [1.807, 2.05) is 51.4 Å². The van der Waals surface area contributed by atoms with Gasteiger partial charge in [0.1, 0.15) is 11.3 Å². The Morgan fingerprint density at radius 1 is 1.09 bits per heavy atom. The fraction of sp³-hybridized carbons (Fsp3) is 0.333. The molecule has 0 N–H and O–H groups in total. The Hall–Kier alpha value is -2.81. The molecule has 0 saturated carbocycles. The number of aromatic nitrogens is 1. The summed E-state index contributed by atoms with van der Waals surface area (Å²) in [5.74, 6) is 1.33. The number of furan rings is 1. The molecule has 0 fully saturated rings. The van der Waals surface area contributed by atoms with Gasteiger partial charge in [0.25, 0.3) is 5.91 Å². The fourth-order valence-corrected chi connectivity index (χ4v) is 4.72. The number of anilines is 1. The highest BCUT2D eigenvalue weighted by Crippen LogP contribution is 2.37. The van der Waals surface area contributed by atoms with Gasteiger partial charge in [-0.25, -0.2) is 4.98 Å². The SMILES string of the molecule is COc1ccc(C)c2sc(N(CCCN(C)C)C(=O)c3cc4cccc(OC)c4o3)nc12.Cl. The third-order valence-corrected chi connectivity index (χ3v) is 6.53. The van der Waals surface area contributed by atoms with E-state index in [9.17, 15) is 4.79 Å². The van der Waals surface area contributed by atoms with Gasteiger partial charge in [-0.1, -0.05) is 29.5 Å². The number of nitrogens with zero attached hydrogens (tertiary/aromatic N) is 3. The highest BCUT2D eigenvalue weighted by molar-refractivity contribution is 7.22. The van der Waals surface area contributed by atoms with Crippen molar-refractivity contribution in [1.29, 1.82) is 0 Å². The number of thiazole rings is 1. The van der Waals surface area contributed by atoms with E-state index >= 15 is 0 Å². The highest BCUT2D eigenvalue weighted by Gasteiger charge is 2.26. The van der Waals surface area contributed by atoms with Crippen molar-refractivity contribution >= 4 is 56.0 Å². The van der Waals surface area contributed by atoms with Gasteiger partial charge in [0.2, 0.25) is 0 Å². The molecule has 9 heteroatoms. The highest BCUT2D eigenvalue weighted by atomic mass is 35.5. The first-order valence-corrected chi connectivity index (χ1v) is 11.2. The molecule has 0 aliphatic rings. The first-order valence-electron chi connectivity index (χ1n) is 10.4. The molecule has 2 heterocycles. The largest absolute Gasteiger partial charge is 0.494 e. The lowest BCUT2D eigenvalue weighted by Crippen LogP contribution is -2.33. The summed E-state index contributed by atoms with van der Waals surface area (Å²) in [5.41, 5.74) is 2.43. The van der Waals surface area contributed by atoms with Crippen LogP contribution < -0.4 is 14.4 Å². The zero-order valence-electron chi connectivity index (χ0n) is 19.4. The van der Waals surface area contributed by atoms with Crippen LogP contribution in [0.3, 0.4) is 0 Å². The van der Waals surface area contributed by atoms with Crippen LogP contribution in [0.15, 0.2) is 40.8 Å². The molecule has 0 saturated heterocycles. The number of rotatable bonds is 8. The molecule has 2 aromatic heterocycles. The molecule has 0 atom stereocenters. The maximum atomic E-state index is 13.6. The van der Waals surface area contributed by atoms with Crippen molar-refractivity contribution < 1.29 is 18.7 Å². The zero-order valence-corrected chi connectivity index (χ0v) is 21.0. The van der Waals surface area contributed by atoms with E-state index in [0.29, 0.717) is 28.8 Å². The molecule has 1 amide bonds. The van der Waals surface area contributed by atoms with Crippen LogP contribution in [0.2, 0.25) is 0 Å². The fourth-order valence-electron chi connectivity index (χ4n) is 3.64. The Balaban J connectivity index is 0.00000306. The molecular formula is C24H28ClN3O4S. The number of hydrogen-bond donors (Lipinski definition) is 0. The molecule has 4 rings (SSSR count). The minimum absolute atomic E-state index is 0. The van der Waals surface area contributed by atoms with Crippen molar-refractivity contribution in [2.45, 2.75) is 13.3 Å². The Morgan fingerprint density at radius 3 is 2.55 bits per heavy atom. The second kappa shape index (κ2) is 10.4. The molecule has 0 aliphatic heterocycles. The summed E-state index contributed by atoms with van der Waals surface area (Å²) in [6.07, 6.45) is 0.800. The van der Waals surface area contributed by atoms with E-state index in [1.54, 1.807) is 25.2 Å². The van der Waals surface area contributed by atoms with Gasteiger partial charge in [-0.05, 0) is 57.7 Å². The van der Waals surface area contributed by atoms with E-state index in [4.69, 9.17) is 18.9 Å². The quantitative estimate of drug-likeness (QED) is 0.330. The van der Waals surface area contributed by atoms with Crippen LogP contribution >= 0.6 is 23.7 Å². The van der Waals surface area contributed by atoms with Crippen LogP contribution in [0, 0.1) is 6.92 Å². The number of carbonyl (C=O) groups excluding carboxylic acids is 1. The number of ether oxygens (including phenoxy) is 2. The molecule has 7 nitrogen and oxygen atoms in total. The Bertz CT molecular complexity index is 1270. The maximum Gasteiger partial charge on any atom is 0.295 e. The summed E-state index contributed by atoms with van der Waals surface area (Å²) in [5, 5.41) is 1.45. The van der Waals surface area contributed by atoms with Crippen molar-refractivity contribution in [2.75, 3.05) is 46.3 Å². The van der Waals surface area contributed by atoms with Crippen molar-refractivity contribution in [3.63, 3.8) is 0 Å². The van der Waals surface area contributed by atoms with Gasteiger partial charge < -0.3 is 18.8 Å². The number of amides is 1. The average Bonchev–Trinajstić information content (AvgIpc) is 3.41. The topological polar surface area (TPSA) is 68.0 Å². The van der Waals surface area contributed by atoms with Gasteiger partial charge in [-0.15, -0.1) is 12.4 Å². The normalized spacial score (nSPS) is 11.1. The Labute approximate surface area is 203 Å². The molecule has 0 spiro atoms. The number of para-hydroxylation sites is 1. The first kappa shape index (κ1) is 24.8. The van der Waals surface area contributed by atoms with Crippen LogP contribution in [0.5, 0.6) is 11.5 Å². The van der Waals surface area contributed by atoms with Crippen molar-refractivity contribution in [3.05, 3.63) is 47.7 Å². The molecule has 33 heavy (non-hydrogen) atoms. The Morgan fingerprint density at radius 2 is 1.85 bits per heavy atom. The predicted molar refractivity (Wildman–Crippen MR) is 136 cm³/mol. The number of carbonyl (C=O) groups is 1. The minimum Gasteiger partial charge on any atom is -0.494 e. The van der Waals surface area contributed by atoms with Gasteiger partial charge in [0.15, 0.2) is 22.2 Å². The summed E-state index contributed by atoms with van der Waals surface area (Å²) >= 11 is 1.49. The van der Waals surface area contributed by atoms with Gasteiger partial charge in [-0.3, -0.25) is 9.69 Å². The number of methoxy groups -OCH3 is 2. The molecule has 0 bridgehead atoms. The molecule has 176 valence electrons. The molecule has 0 radical (unpaired) electrons. The summed E-state index contributed by atoms with van der Waals surface area (Å²) in [7, 11) is 7.25. The van der Waals surface area contributed by atoms with Crippen molar-refractivity contribution in [1.82, 2.24) is 9.88 Å². The van der Waals surface area contributed by atoms with Crippen LogP contribution in [-0.2, 0) is 0 Å². The van der Waals surface area contributed by atoms with E-state index in [-0.39, 0.29) is 24.1 Å². The minimum atomic E-state index is -0.224. The molecule has 0 aliphatic carbocycles. The van der Waals surface area contributed by atoms with E-state index in [0.717, 1.165) is 34.1 Å². The molecular weight excluding hydrogens is 462 g/mol. The standard InChI is InChI=1S/C24H27N3O4S.ClH/c1-15-10-11-17(29-4)20-22(15)32-24(25-20)27(13-7-12-26(2)3)23(28)19-14-16-8-6-9-18(30-5)21(16)31-19;/h6,8-11,14H,7,12-13H2,1-5H3;1H. The van der Waals surface area contributed by atoms with Gasteiger partial charge in [0.05, 0.1) is 18.9 Å². The summed E-state index contributed by atoms with van der Waals surface area (Å²) in [4.78, 5) is 22.2. The van der Waals surface area contributed by atoms with Crippen LogP contribution in [0.4, 0.5) is 5.13 Å². The van der Waals surface area contributed by atoms with Crippen molar-refractivity contribution in [2.24, 2.45) is 0 Å². The van der Waals surface area contributed by atoms with Crippen LogP contribution in [0.1, 0.15) is 22.5 Å². The number of halogens is 1. The number of aryl methyl sites for hydroxylation is 1. The summed E-state index contributed by atoms with van der Waals surface area (Å²) in [6.45, 7) is 3.41. The first-order chi connectivity index (χ1) is 15.4. The monoisotopic (exact) mass is 489 g/mol. The third-order valence-electron chi connectivity index (χ3n) is 5.31. The van der Waals surface area contributed by atoms with Crippen LogP contribution in [-0.4, -0.2) is 57.2 Å². The van der Waals surface area contributed by atoms with Gasteiger partial charge in [0, 0.05) is 11.9 Å². The number of fused-ring (bicyclic) bond motifs is 2. The zero-order chi connectivity index (χ0) is 22.8. The lowest BCUT2D eigenvalue weighted by Gasteiger charge is -2.19. The van der Waals surface area contributed by atoms with E-state index in [1.165, 1.54) is 11.3 Å². The molecule has 4 aromatic rings. The van der Waals surface area contributed by atoms with E-state index < -0.39 is 0 Å². The van der Waals surface area contributed by atoms with Crippen LogP contribution in [0.25, 0.3) is 21.2 Å². The van der Waals surface area contributed by atoms with Gasteiger partial charge in [-0.2, -0.15) is 0 Å². The van der Waals surface area contributed by atoms with Gasteiger partial charge >= 0.3 is 0 Å². The smallest absolute Gasteiger partial charge is 0.295 e. The second-order valence-electron chi connectivity index (χ2n) is 7.86. The number of hydrogen-bond acceptors (Lipinski definition) is 7.